The van der Waals surface area contributed by atoms with Gasteiger partial charge in [-0.05, 0) is 100 Å². The Morgan fingerprint density at radius 3 is 2.41 bits per heavy atom. The highest BCUT2D eigenvalue weighted by atomic mass is 16.5. The molecule has 1 aliphatic rings. The second-order valence-corrected chi connectivity index (χ2v) is 12.3. The van der Waals surface area contributed by atoms with Gasteiger partial charge in [0, 0.05) is 47.4 Å². The number of amides is 1. The summed E-state index contributed by atoms with van der Waals surface area (Å²) >= 11 is 0. The van der Waals surface area contributed by atoms with Crippen molar-refractivity contribution in [3.05, 3.63) is 89.3 Å². The second kappa shape index (κ2) is 15.7. The van der Waals surface area contributed by atoms with Crippen LogP contribution in [-0.2, 0) is 12.0 Å². The van der Waals surface area contributed by atoms with Crippen molar-refractivity contribution in [2.45, 2.75) is 65.0 Å². The number of rotatable bonds is 10. The number of ether oxygens (including phenoxy) is 1. The van der Waals surface area contributed by atoms with Gasteiger partial charge in [-0.1, -0.05) is 39.5 Å². The number of piperidine rings is 1. The number of nitrogens with zero attached hydrogens (tertiary/aromatic N) is 3. The molecule has 9 nitrogen and oxygen atoms in total. The Morgan fingerprint density at radius 2 is 1.86 bits per heavy atom. The summed E-state index contributed by atoms with van der Waals surface area (Å²) in [5, 5.41) is 3.13. The van der Waals surface area contributed by atoms with Crippen LogP contribution in [0.3, 0.4) is 0 Å². The molecule has 238 valence electrons. The summed E-state index contributed by atoms with van der Waals surface area (Å²) in [7, 11) is 6.06. The predicted molar refractivity (Wildman–Crippen MR) is 183 cm³/mol. The van der Waals surface area contributed by atoms with E-state index in [1.54, 1.807) is 25.6 Å². The summed E-state index contributed by atoms with van der Waals surface area (Å²) < 4.78 is 5.90. The third-order valence-electron chi connectivity index (χ3n) is 8.70. The van der Waals surface area contributed by atoms with Crippen LogP contribution in [0.5, 0.6) is 5.75 Å². The fourth-order valence-electron chi connectivity index (χ4n) is 5.23. The molecule has 1 aromatic heterocycles. The molecule has 44 heavy (non-hydrogen) atoms. The fourth-order valence-corrected chi connectivity index (χ4v) is 5.23. The van der Waals surface area contributed by atoms with Crippen LogP contribution < -0.4 is 27.1 Å². The van der Waals surface area contributed by atoms with Crippen LogP contribution in [0.1, 0.15) is 72.6 Å². The number of likely N-dealkylation sites (tertiary alicyclic amines) is 1. The van der Waals surface area contributed by atoms with Crippen molar-refractivity contribution in [1.82, 2.24) is 14.8 Å². The van der Waals surface area contributed by atoms with Crippen molar-refractivity contribution >= 4 is 23.0 Å². The van der Waals surface area contributed by atoms with E-state index in [4.69, 9.17) is 16.3 Å². The van der Waals surface area contributed by atoms with E-state index in [-0.39, 0.29) is 11.3 Å². The fraction of sp³-hybridized carbons (Fsp3) is 0.429. The van der Waals surface area contributed by atoms with Crippen molar-refractivity contribution in [1.29, 1.82) is 0 Å². The number of carbonyl (C=O) groups is 1. The molecular weight excluding hydrogens is 550 g/mol. The molecule has 1 saturated heterocycles. The average molecular weight is 602 g/mol. The summed E-state index contributed by atoms with van der Waals surface area (Å²) in [6.07, 6.45) is 6.68. The molecule has 0 unspecified atom stereocenters. The van der Waals surface area contributed by atoms with Gasteiger partial charge in [-0.15, -0.1) is 0 Å². The number of aromatic nitrogens is 1. The van der Waals surface area contributed by atoms with Gasteiger partial charge < -0.3 is 26.1 Å². The van der Waals surface area contributed by atoms with E-state index < -0.39 is 0 Å². The lowest BCUT2D eigenvalue weighted by Crippen LogP contribution is -2.41. The highest BCUT2D eigenvalue weighted by Gasteiger charge is 2.26. The van der Waals surface area contributed by atoms with Crippen LogP contribution in [-0.4, -0.2) is 61.0 Å². The van der Waals surface area contributed by atoms with Gasteiger partial charge in [0.25, 0.3) is 5.91 Å². The molecule has 0 spiro atoms. The number of carbonyl (C=O) groups excluding carboxylic acids is 1. The highest BCUT2D eigenvalue weighted by molar-refractivity contribution is 6.05. The molecular formula is C35H51N7O2. The lowest BCUT2D eigenvalue weighted by atomic mass is 9.81. The summed E-state index contributed by atoms with van der Waals surface area (Å²) in [6.45, 7) is 15.2. The number of hydrogen-bond donors (Lipinski definition) is 4. The minimum Gasteiger partial charge on any atom is -0.494 e. The zero-order valence-corrected chi connectivity index (χ0v) is 27.5. The maximum atomic E-state index is 13.3. The molecule has 6 N–H and O–H groups in total. The van der Waals surface area contributed by atoms with Crippen LogP contribution in [0, 0.1) is 6.92 Å². The number of nitrogens with one attached hydrogen (secondary N) is 2. The molecule has 0 aliphatic carbocycles. The maximum absolute atomic E-state index is 13.3. The molecule has 1 aliphatic heterocycles. The number of anilines is 2. The summed E-state index contributed by atoms with van der Waals surface area (Å²) in [5.41, 5.74) is 14.7. The largest absolute Gasteiger partial charge is 0.494 e. The first-order valence-corrected chi connectivity index (χ1v) is 15.2. The van der Waals surface area contributed by atoms with E-state index in [9.17, 15) is 4.79 Å². The first kappa shape index (κ1) is 34.6. The molecule has 3 aromatic rings. The lowest BCUT2D eigenvalue weighted by molar-refractivity contribution is 0.102. The smallest absolute Gasteiger partial charge is 0.255 e. The van der Waals surface area contributed by atoms with E-state index in [0.717, 1.165) is 67.0 Å². The van der Waals surface area contributed by atoms with E-state index in [0.29, 0.717) is 23.0 Å². The Labute approximate surface area is 263 Å². The van der Waals surface area contributed by atoms with E-state index in [1.165, 1.54) is 5.56 Å². The molecule has 1 fully saturated rings. The van der Waals surface area contributed by atoms with Gasteiger partial charge in [-0.25, -0.2) is 0 Å². The molecule has 0 saturated carbocycles. The summed E-state index contributed by atoms with van der Waals surface area (Å²) in [4.78, 5) is 21.9. The first-order valence-electron chi connectivity index (χ1n) is 15.2. The number of methoxy groups -OCH3 is 1. The molecule has 4 rings (SSSR count). The van der Waals surface area contributed by atoms with Gasteiger partial charge in [-0.2, -0.15) is 0 Å². The maximum Gasteiger partial charge on any atom is 0.255 e. The Balaban J connectivity index is 0.000000502. The Bertz CT molecular complexity index is 1400. The van der Waals surface area contributed by atoms with Crippen LogP contribution in [0.25, 0.3) is 5.70 Å². The van der Waals surface area contributed by atoms with Crippen molar-refractivity contribution in [3.63, 3.8) is 0 Å². The van der Waals surface area contributed by atoms with E-state index in [1.807, 2.05) is 31.2 Å². The van der Waals surface area contributed by atoms with Gasteiger partial charge in [0.15, 0.2) is 0 Å². The van der Waals surface area contributed by atoms with Crippen LogP contribution >= 0.6 is 0 Å². The molecule has 2 heterocycles. The van der Waals surface area contributed by atoms with Crippen LogP contribution in [0.4, 0.5) is 11.4 Å². The highest BCUT2D eigenvalue weighted by Crippen LogP contribution is 2.38. The van der Waals surface area contributed by atoms with Gasteiger partial charge in [0.1, 0.15) is 5.75 Å². The third-order valence-corrected chi connectivity index (χ3v) is 8.70. The van der Waals surface area contributed by atoms with Gasteiger partial charge >= 0.3 is 0 Å². The number of hydrazine groups is 1. The van der Waals surface area contributed by atoms with Gasteiger partial charge in [0.05, 0.1) is 18.5 Å². The molecule has 0 radical (unpaired) electrons. The molecule has 1 amide bonds. The minimum atomic E-state index is -0.194. The van der Waals surface area contributed by atoms with Crippen LogP contribution in [0.15, 0.2) is 61.4 Å². The number of nitrogen functional groups attached to an aromatic ring is 1. The average Bonchev–Trinajstić information content (AvgIpc) is 3.02. The number of nitrogens with two attached hydrogens (primary N) is 2. The van der Waals surface area contributed by atoms with Crippen molar-refractivity contribution in [2.75, 3.05) is 45.0 Å². The third kappa shape index (κ3) is 9.05. The van der Waals surface area contributed by atoms with E-state index >= 15 is 0 Å². The molecule has 0 bridgehead atoms. The predicted octanol–water partition coefficient (Wildman–Crippen LogP) is 5.77. The van der Waals surface area contributed by atoms with E-state index in [2.05, 4.69) is 79.1 Å². The van der Waals surface area contributed by atoms with Crippen molar-refractivity contribution < 1.29 is 9.53 Å². The topological polar surface area (TPSA) is 122 Å². The number of hydrogen-bond acceptors (Lipinski definition) is 8. The normalized spacial score (nSPS) is 14.0. The number of benzene rings is 2. The second-order valence-electron chi connectivity index (χ2n) is 12.3. The zero-order valence-electron chi connectivity index (χ0n) is 27.5. The van der Waals surface area contributed by atoms with Crippen molar-refractivity contribution in [3.8, 4) is 5.75 Å². The zero-order chi connectivity index (χ0) is 32.4. The van der Waals surface area contributed by atoms with Crippen LogP contribution in [0.2, 0.25) is 0 Å². The number of aryl methyl sites for hydroxylation is 1. The SMILES string of the molecule is C=C(N)c1cccnc1.CCC(C)(C)c1cc(CN(C)C2CCN(C)CC2)c(OC)c(NC(=O)c2ccc(C)c(NN)c2)c1. The Kier molecular flexibility index (Phi) is 12.3. The lowest BCUT2D eigenvalue weighted by Gasteiger charge is -2.35. The molecule has 9 heteroatoms. The molecule has 0 atom stereocenters. The quantitative estimate of drug-likeness (QED) is 0.171. The van der Waals surface area contributed by atoms with Crippen molar-refractivity contribution in [2.24, 2.45) is 11.6 Å². The monoisotopic (exact) mass is 601 g/mol. The minimum absolute atomic E-state index is 0.0346. The summed E-state index contributed by atoms with van der Waals surface area (Å²) in [6, 6.07) is 14.0. The standard InChI is InChI=1S/C28H43N5O2.C7H8N2/c1-8-28(3,4)22-15-21(18-33(6)23-11-13-32(5)14-12-23)26(35-7)25(17-22)30-27(34)20-10-9-19(2)24(16-20)31-29;1-6(8)7-3-2-4-9-5-7/h9-10,15-17,23,31H,8,11-14,18,29H2,1-7H3,(H,30,34);2-5H,1,8H2. The summed E-state index contributed by atoms with van der Waals surface area (Å²) in [5.74, 6) is 6.15. The van der Waals surface area contributed by atoms with Gasteiger partial charge in [-0.3, -0.25) is 20.5 Å². The Hall–Kier alpha value is -3.92. The molecule has 2 aromatic carbocycles. The number of pyridine rings is 1. The first-order chi connectivity index (χ1) is 20.9. The van der Waals surface area contributed by atoms with Gasteiger partial charge in [0.2, 0.25) is 0 Å². The Morgan fingerprint density at radius 1 is 1.16 bits per heavy atom.